The molecule has 0 aliphatic carbocycles. The fraction of sp³-hybridized carbons (Fsp3) is 0.231. The molecule has 0 radical (unpaired) electrons. The van der Waals surface area contributed by atoms with E-state index >= 15 is 0 Å². The third-order valence-electron chi connectivity index (χ3n) is 2.66. The van der Waals surface area contributed by atoms with E-state index in [-0.39, 0.29) is 11.6 Å². The Hall–Kier alpha value is -2.01. The van der Waals surface area contributed by atoms with Crippen molar-refractivity contribution in [1.29, 1.82) is 0 Å². The van der Waals surface area contributed by atoms with Gasteiger partial charge in [-0.1, -0.05) is 23.7 Å². The third kappa shape index (κ3) is 3.48. The Balaban J connectivity index is 1.89. The summed E-state index contributed by atoms with van der Waals surface area (Å²) in [5.41, 5.74) is 7.39. The number of hydrogen-bond donors (Lipinski definition) is 2. The number of carbonyl (C=O) groups is 1. The number of halogens is 1. The highest BCUT2D eigenvalue weighted by molar-refractivity contribution is 6.30. The molecule has 1 amide bonds. The largest absolute Gasteiger partial charge is 0.396 e. The van der Waals surface area contributed by atoms with Crippen LogP contribution in [0.4, 0.5) is 5.69 Å². The molecule has 1 aromatic heterocycles. The summed E-state index contributed by atoms with van der Waals surface area (Å²) in [5, 5.41) is 7.48. The summed E-state index contributed by atoms with van der Waals surface area (Å²) in [4.78, 5) is 11.8. The lowest BCUT2D eigenvalue weighted by atomic mass is 10.1. The van der Waals surface area contributed by atoms with Crippen LogP contribution < -0.4 is 11.1 Å². The fourth-order valence-electron chi connectivity index (χ4n) is 1.78. The van der Waals surface area contributed by atoms with Crippen molar-refractivity contribution in [3.05, 3.63) is 46.7 Å². The standard InChI is InChI=1S/C13H15ClN4O/c1-18-8-11(15)12(17-18)13(19)16-6-5-9-3-2-4-10(14)7-9/h2-4,7-8H,5-6,15H2,1H3,(H,16,19). The second-order valence-corrected chi connectivity index (χ2v) is 4.68. The Morgan fingerprint density at radius 3 is 2.95 bits per heavy atom. The number of nitrogen functional groups attached to an aromatic ring is 1. The molecule has 2 aromatic rings. The minimum absolute atomic E-state index is 0.258. The number of amides is 1. The van der Waals surface area contributed by atoms with E-state index in [9.17, 15) is 4.79 Å². The lowest BCUT2D eigenvalue weighted by molar-refractivity contribution is 0.0949. The Kier molecular flexibility index (Phi) is 4.06. The minimum Gasteiger partial charge on any atom is -0.396 e. The van der Waals surface area contributed by atoms with Crippen molar-refractivity contribution in [3.63, 3.8) is 0 Å². The summed E-state index contributed by atoms with van der Waals surface area (Å²) < 4.78 is 1.52. The Bertz CT molecular complexity index is 594. The van der Waals surface area contributed by atoms with Gasteiger partial charge in [-0.3, -0.25) is 9.48 Å². The van der Waals surface area contributed by atoms with Gasteiger partial charge in [-0.05, 0) is 24.1 Å². The predicted octanol–water partition coefficient (Wildman–Crippen LogP) is 1.63. The Morgan fingerprint density at radius 2 is 2.32 bits per heavy atom. The molecule has 0 saturated heterocycles. The SMILES string of the molecule is Cn1cc(N)c(C(=O)NCCc2cccc(Cl)c2)n1. The van der Waals surface area contributed by atoms with Gasteiger partial charge in [0.25, 0.3) is 5.91 Å². The van der Waals surface area contributed by atoms with Crippen molar-refractivity contribution >= 4 is 23.2 Å². The number of nitrogens with two attached hydrogens (primary N) is 1. The molecule has 1 aromatic carbocycles. The summed E-state index contributed by atoms with van der Waals surface area (Å²) in [6.07, 6.45) is 2.31. The first-order chi connectivity index (χ1) is 9.06. The molecule has 1 heterocycles. The lowest BCUT2D eigenvalue weighted by Gasteiger charge is -2.04. The number of anilines is 1. The minimum atomic E-state index is -0.264. The zero-order valence-electron chi connectivity index (χ0n) is 10.6. The van der Waals surface area contributed by atoms with Gasteiger partial charge in [0.1, 0.15) is 0 Å². The number of hydrogen-bond acceptors (Lipinski definition) is 3. The molecule has 0 atom stereocenters. The molecule has 100 valence electrons. The van der Waals surface area contributed by atoms with Gasteiger partial charge in [-0.2, -0.15) is 5.10 Å². The van der Waals surface area contributed by atoms with Gasteiger partial charge < -0.3 is 11.1 Å². The van der Waals surface area contributed by atoms with Crippen molar-refractivity contribution in [2.75, 3.05) is 12.3 Å². The van der Waals surface area contributed by atoms with E-state index in [0.29, 0.717) is 23.7 Å². The average Bonchev–Trinajstić information content (AvgIpc) is 2.68. The van der Waals surface area contributed by atoms with Crippen LogP contribution in [0.25, 0.3) is 0 Å². The molecule has 0 spiro atoms. The highest BCUT2D eigenvalue weighted by Crippen LogP contribution is 2.11. The van der Waals surface area contributed by atoms with Crippen LogP contribution in [-0.2, 0) is 13.5 Å². The topological polar surface area (TPSA) is 72.9 Å². The van der Waals surface area contributed by atoms with Crippen molar-refractivity contribution < 1.29 is 4.79 Å². The van der Waals surface area contributed by atoms with E-state index in [1.165, 1.54) is 4.68 Å². The summed E-state index contributed by atoms with van der Waals surface area (Å²) >= 11 is 5.89. The number of carbonyl (C=O) groups excluding carboxylic acids is 1. The van der Waals surface area contributed by atoms with E-state index in [0.717, 1.165) is 5.56 Å². The molecular formula is C13H15ClN4O. The first-order valence-corrected chi connectivity index (χ1v) is 6.26. The molecule has 2 rings (SSSR count). The second-order valence-electron chi connectivity index (χ2n) is 4.24. The number of aromatic nitrogens is 2. The predicted molar refractivity (Wildman–Crippen MR) is 75.1 cm³/mol. The maximum Gasteiger partial charge on any atom is 0.273 e. The average molecular weight is 279 g/mol. The zero-order valence-corrected chi connectivity index (χ0v) is 11.3. The van der Waals surface area contributed by atoms with Gasteiger partial charge in [0.05, 0.1) is 5.69 Å². The molecule has 19 heavy (non-hydrogen) atoms. The highest BCUT2D eigenvalue weighted by Gasteiger charge is 2.13. The molecular weight excluding hydrogens is 264 g/mol. The summed E-state index contributed by atoms with van der Waals surface area (Å²) in [6.45, 7) is 0.509. The van der Waals surface area contributed by atoms with Gasteiger partial charge in [0.15, 0.2) is 5.69 Å². The van der Waals surface area contributed by atoms with Crippen LogP contribution in [0.15, 0.2) is 30.5 Å². The normalized spacial score (nSPS) is 10.4. The van der Waals surface area contributed by atoms with Gasteiger partial charge in [0, 0.05) is 24.8 Å². The molecule has 0 aliphatic heterocycles. The monoisotopic (exact) mass is 278 g/mol. The van der Waals surface area contributed by atoms with Crippen molar-refractivity contribution in [3.8, 4) is 0 Å². The van der Waals surface area contributed by atoms with Crippen LogP contribution in [0.1, 0.15) is 16.1 Å². The zero-order chi connectivity index (χ0) is 13.8. The van der Waals surface area contributed by atoms with Crippen LogP contribution in [0.2, 0.25) is 5.02 Å². The molecule has 5 nitrogen and oxygen atoms in total. The summed E-state index contributed by atoms with van der Waals surface area (Å²) in [7, 11) is 1.72. The third-order valence-corrected chi connectivity index (χ3v) is 2.90. The van der Waals surface area contributed by atoms with E-state index in [1.807, 2.05) is 24.3 Å². The molecule has 3 N–H and O–H groups in total. The maximum absolute atomic E-state index is 11.8. The van der Waals surface area contributed by atoms with E-state index in [4.69, 9.17) is 17.3 Å². The van der Waals surface area contributed by atoms with Gasteiger partial charge in [-0.25, -0.2) is 0 Å². The van der Waals surface area contributed by atoms with Crippen LogP contribution in [0.5, 0.6) is 0 Å². The highest BCUT2D eigenvalue weighted by atomic mass is 35.5. The number of rotatable bonds is 4. The Morgan fingerprint density at radius 1 is 1.53 bits per heavy atom. The van der Waals surface area contributed by atoms with E-state index in [2.05, 4.69) is 10.4 Å². The summed E-state index contributed by atoms with van der Waals surface area (Å²) in [6, 6.07) is 7.55. The van der Waals surface area contributed by atoms with Crippen molar-refractivity contribution in [2.24, 2.45) is 7.05 Å². The van der Waals surface area contributed by atoms with Crippen molar-refractivity contribution in [1.82, 2.24) is 15.1 Å². The van der Waals surface area contributed by atoms with Gasteiger partial charge in [0.2, 0.25) is 0 Å². The lowest BCUT2D eigenvalue weighted by Crippen LogP contribution is -2.26. The fourth-order valence-corrected chi connectivity index (χ4v) is 1.99. The first kappa shape index (κ1) is 13.4. The van der Waals surface area contributed by atoms with Crippen LogP contribution >= 0.6 is 11.6 Å². The molecule has 6 heteroatoms. The van der Waals surface area contributed by atoms with E-state index < -0.39 is 0 Å². The second kappa shape index (κ2) is 5.75. The summed E-state index contributed by atoms with van der Waals surface area (Å²) in [5.74, 6) is -0.264. The maximum atomic E-state index is 11.8. The number of benzene rings is 1. The Labute approximate surface area is 116 Å². The van der Waals surface area contributed by atoms with Gasteiger partial charge in [-0.15, -0.1) is 0 Å². The molecule has 0 bridgehead atoms. The smallest absolute Gasteiger partial charge is 0.273 e. The number of nitrogens with zero attached hydrogens (tertiary/aromatic N) is 2. The number of nitrogens with one attached hydrogen (secondary N) is 1. The quantitative estimate of drug-likeness (QED) is 0.893. The van der Waals surface area contributed by atoms with E-state index in [1.54, 1.807) is 13.2 Å². The molecule has 0 saturated carbocycles. The molecule has 0 aliphatic rings. The molecule has 0 fully saturated rings. The van der Waals surface area contributed by atoms with Gasteiger partial charge >= 0.3 is 0 Å². The first-order valence-electron chi connectivity index (χ1n) is 5.88. The van der Waals surface area contributed by atoms with Crippen molar-refractivity contribution in [2.45, 2.75) is 6.42 Å². The van der Waals surface area contributed by atoms with Crippen LogP contribution in [-0.4, -0.2) is 22.2 Å². The molecule has 0 unspecified atom stereocenters. The van der Waals surface area contributed by atoms with Crippen LogP contribution in [0.3, 0.4) is 0 Å². The number of aryl methyl sites for hydroxylation is 1. The van der Waals surface area contributed by atoms with Crippen LogP contribution in [0, 0.1) is 0 Å².